The summed E-state index contributed by atoms with van der Waals surface area (Å²) in [6.45, 7) is 6.34. The first kappa shape index (κ1) is 12.9. The van der Waals surface area contributed by atoms with Crippen molar-refractivity contribution in [3.8, 4) is 0 Å². The molecule has 104 valence electrons. The number of likely N-dealkylation sites (tertiary alicyclic amines) is 1. The Bertz CT molecular complexity index is 290. The molecule has 1 aliphatic carbocycles. The monoisotopic (exact) mass is 252 g/mol. The third-order valence-electron chi connectivity index (χ3n) is 5.55. The average molecular weight is 252 g/mol. The van der Waals surface area contributed by atoms with E-state index in [9.17, 15) is 0 Å². The van der Waals surface area contributed by atoms with Crippen LogP contribution in [-0.4, -0.2) is 43.3 Å². The average Bonchev–Trinajstić information content (AvgIpc) is 3.02. The second-order valence-electron chi connectivity index (χ2n) is 7.00. The van der Waals surface area contributed by atoms with Crippen LogP contribution < -0.4 is 5.73 Å². The molecule has 0 aromatic rings. The first-order chi connectivity index (χ1) is 8.69. The van der Waals surface area contributed by atoms with Gasteiger partial charge in [-0.05, 0) is 38.1 Å². The predicted molar refractivity (Wildman–Crippen MR) is 73.5 cm³/mol. The molecule has 2 aliphatic heterocycles. The maximum absolute atomic E-state index is 6.24. The maximum atomic E-state index is 6.24. The van der Waals surface area contributed by atoms with Crippen LogP contribution in [0.1, 0.15) is 45.4 Å². The molecule has 1 saturated carbocycles. The lowest BCUT2D eigenvalue weighted by atomic mass is 9.84. The van der Waals surface area contributed by atoms with Crippen LogP contribution in [0, 0.1) is 11.3 Å². The van der Waals surface area contributed by atoms with E-state index < -0.39 is 0 Å². The van der Waals surface area contributed by atoms with E-state index in [-0.39, 0.29) is 11.5 Å². The summed E-state index contributed by atoms with van der Waals surface area (Å²) < 4.78 is 5.59. The molecule has 3 atom stereocenters. The van der Waals surface area contributed by atoms with E-state index in [4.69, 9.17) is 10.5 Å². The third kappa shape index (κ3) is 2.33. The molecule has 2 saturated heterocycles. The summed E-state index contributed by atoms with van der Waals surface area (Å²) in [6.07, 6.45) is 8.62. The standard InChI is InChI=1S/C15H28N2O/c1-15(11-18-9-14(15)16)10-17-8-4-7-13(17)12-5-2-3-6-12/h12-14H,2-11,16H2,1H3. The summed E-state index contributed by atoms with van der Waals surface area (Å²) in [5.74, 6) is 0.967. The van der Waals surface area contributed by atoms with Gasteiger partial charge in [0.05, 0.1) is 13.2 Å². The van der Waals surface area contributed by atoms with Gasteiger partial charge in [0.2, 0.25) is 0 Å². The lowest BCUT2D eigenvalue weighted by Crippen LogP contribution is -2.49. The van der Waals surface area contributed by atoms with E-state index in [2.05, 4.69) is 11.8 Å². The molecule has 3 rings (SSSR count). The lowest BCUT2D eigenvalue weighted by molar-refractivity contribution is 0.0954. The fourth-order valence-corrected chi connectivity index (χ4v) is 4.28. The Morgan fingerprint density at radius 1 is 1.22 bits per heavy atom. The summed E-state index contributed by atoms with van der Waals surface area (Å²) in [6, 6.07) is 1.07. The van der Waals surface area contributed by atoms with Crippen LogP contribution in [0.15, 0.2) is 0 Å². The Balaban J connectivity index is 1.64. The van der Waals surface area contributed by atoms with Crippen molar-refractivity contribution in [1.29, 1.82) is 0 Å². The zero-order chi connectivity index (χ0) is 12.6. The second kappa shape index (κ2) is 5.10. The quantitative estimate of drug-likeness (QED) is 0.835. The van der Waals surface area contributed by atoms with E-state index in [0.717, 1.165) is 31.7 Å². The van der Waals surface area contributed by atoms with E-state index in [1.54, 1.807) is 0 Å². The minimum Gasteiger partial charge on any atom is -0.379 e. The molecule has 3 nitrogen and oxygen atoms in total. The Labute approximate surface area is 111 Å². The number of nitrogens with zero attached hydrogens (tertiary/aromatic N) is 1. The number of rotatable bonds is 3. The molecule has 0 radical (unpaired) electrons. The molecule has 0 aromatic heterocycles. The summed E-state index contributed by atoms with van der Waals surface area (Å²) in [5.41, 5.74) is 6.42. The molecule has 3 fully saturated rings. The van der Waals surface area contributed by atoms with Crippen LogP contribution >= 0.6 is 0 Å². The highest BCUT2D eigenvalue weighted by Crippen LogP contribution is 2.38. The minimum atomic E-state index is 0.182. The molecule has 18 heavy (non-hydrogen) atoms. The number of nitrogens with two attached hydrogens (primary N) is 1. The van der Waals surface area contributed by atoms with Crippen LogP contribution in [0.25, 0.3) is 0 Å². The van der Waals surface area contributed by atoms with Crippen molar-refractivity contribution >= 4 is 0 Å². The van der Waals surface area contributed by atoms with Crippen LogP contribution in [0.4, 0.5) is 0 Å². The summed E-state index contributed by atoms with van der Waals surface area (Å²) in [7, 11) is 0. The maximum Gasteiger partial charge on any atom is 0.0624 e. The lowest BCUT2D eigenvalue weighted by Gasteiger charge is -2.37. The van der Waals surface area contributed by atoms with Gasteiger partial charge in [-0.3, -0.25) is 4.90 Å². The predicted octanol–water partition coefficient (Wildman–Crippen LogP) is 2.00. The highest BCUT2D eigenvalue weighted by molar-refractivity contribution is 4.96. The SMILES string of the molecule is CC1(CN2CCCC2C2CCCC2)COCC1N. The Hall–Kier alpha value is -0.120. The highest BCUT2D eigenvalue weighted by Gasteiger charge is 2.42. The molecule has 2 heterocycles. The van der Waals surface area contributed by atoms with Gasteiger partial charge in [-0.25, -0.2) is 0 Å². The zero-order valence-corrected chi connectivity index (χ0v) is 11.7. The van der Waals surface area contributed by atoms with Gasteiger partial charge in [-0.1, -0.05) is 19.8 Å². The molecule has 0 spiro atoms. The second-order valence-corrected chi connectivity index (χ2v) is 7.00. The van der Waals surface area contributed by atoms with Crippen molar-refractivity contribution in [1.82, 2.24) is 4.90 Å². The minimum absolute atomic E-state index is 0.182. The van der Waals surface area contributed by atoms with Gasteiger partial charge in [-0.15, -0.1) is 0 Å². The summed E-state index contributed by atoms with van der Waals surface area (Å²) in [4.78, 5) is 2.74. The topological polar surface area (TPSA) is 38.5 Å². The normalized spacial score (nSPS) is 43.0. The van der Waals surface area contributed by atoms with E-state index in [0.29, 0.717) is 0 Å². The first-order valence-corrected chi connectivity index (χ1v) is 7.76. The fourth-order valence-electron chi connectivity index (χ4n) is 4.28. The van der Waals surface area contributed by atoms with Crippen molar-refractivity contribution in [2.75, 3.05) is 26.3 Å². The molecular formula is C15H28N2O. The van der Waals surface area contributed by atoms with Crippen molar-refractivity contribution in [2.24, 2.45) is 17.1 Å². The van der Waals surface area contributed by atoms with Gasteiger partial charge in [0.15, 0.2) is 0 Å². The van der Waals surface area contributed by atoms with Gasteiger partial charge in [0.1, 0.15) is 0 Å². The zero-order valence-electron chi connectivity index (χ0n) is 11.7. The summed E-state index contributed by atoms with van der Waals surface area (Å²) in [5, 5.41) is 0. The molecule has 3 unspecified atom stereocenters. The highest BCUT2D eigenvalue weighted by atomic mass is 16.5. The molecular weight excluding hydrogens is 224 g/mol. The van der Waals surface area contributed by atoms with E-state index in [1.165, 1.54) is 45.1 Å². The fraction of sp³-hybridized carbons (Fsp3) is 1.00. The van der Waals surface area contributed by atoms with Gasteiger partial charge < -0.3 is 10.5 Å². The number of ether oxygens (including phenoxy) is 1. The van der Waals surface area contributed by atoms with Crippen molar-refractivity contribution < 1.29 is 4.74 Å². The van der Waals surface area contributed by atoms with Gasteiger partial charge in [0, 0.05) is 24.0 Å². The van der Waals surface area contributed by atoms with Crippen LogP contribution in [0.5, 0.6) is 0 Å². The van der Waals surface area contributed by atoms with Gasteiger partial charge >= 0.3 is 0 Å². The van der Waals surface area contributed by atoms with Gasteiger partial charge in [-0.2, -0.15) is 0 Å². The molecule has 2 N–H and O–H groups in total. The largest absolute Gasteiger partial charge is 0.379 e. The van der Waals surface area contributed by atoms with Crippen LogP contribution in [0.2, 0.25) is 0 Å². The summed E-state index contributed by atoms with van der Waals surface area (Å²) >= 11 is 0. The Morgan fingerprint density at radius 2 is 2.00 bits per heavy atom. The van der Waals surface area contributed by atoms with Crippen LogP contribution in [0.3, 0.4) is 0 Å². The van der Waals surface area contributed by atoms with E-state index >= 15 is 0 Å². The van der Waals surface area contributed by atoms with Crippen LogP contribution in [-0.2, 0) is 4.74 Å². The molecule has 0 bridgehead atoms. The third-order valence-corrected chi connectivity index (χ3v) is 5.55. The molecule has 3 aliphatic rings. The number of hydrogen-bond donors (Lipinski definition) is 1. The number of hydrogen-bond acceptors (Lipinski definition) is 3. The molecule has 0 amide bonds. The van der Waals surface area contributed by atoms with Crippen molar-refractivity contribution in [3.63, 3.8) is 0 Å². The molecule has 0 aromatic carbocycles. The first-order valence-electron chi connectivity index (χ1n) is 7.76. The van der Waals surface area contributed by atoms with Crippen molar-refractivity contribution in [2.45, 2.75) is 57.5 Å². The Kier molecular flexibility index (Phi) is 3.65. The smallest absolute Gasteiger partial charge is 0.0624 e. The van der Waals surface area contributed by atoms with E-state index in [1.807, 2.05) is 0 Å². The van der Waals surface area contributed by atoms with Crippen molar-refractivity contribution in [3.05, 3.63) is 0 Å². The van der Waals surface area contributed by atoms with Gasteiger partial charge in [0.25, 0.3) is 0 Å². The Morgan fingerprint density at radius 3 is 2.67 bits per heavy atom. The molecule has 3 heteroatoms.